The Bertz CT molecular complexity index is 653. The zero-order chi connectivity index (χ0) is 14.6. The van der Waals surface area contributed by atoms with E-state index < -0.39 is 10.0 Å². The van der Waals surface area contributed by atoms with Gasteiger partial charge in [0.2, 0.25) is 0 Å². The molecule has 0 unspecified atom stereocenters. The van der Waals surface area contributed by atoms with Gasteiger partial charge in [-0.3, -0.25) is 4.72 Å². The minimum atomic E-state index is -3.63. The van der Waals surface area contributed by atoms with E-state index >= 15 is 0 Å². The molecule has 0 saturated heterocycles. The van der Waals surface area contributed by atoms with Gasteiger partial charge in [-0.1, -0.05) is 13.8 Å². The van der Waals surface area contributed by atoms with E-state index in [0.717, 1.165) is 4.88 Å². The third-order valence-corrected chi connectivity index (χ3v) is 4.97. The lowest BCUT2D eigenvalue weighted by molar-refractivity contribution is 0.581. The topological polar surface area (TPSA) is 84.0 Å². The smallest absolute Gasteiger partial charge is 0.264 e. The van der Waals surface area contributed by atoms with Crippen molar-refractivity contribution in [3.05, 3.63) is 34.7 Å². The van der Waals surface area contributed by atoms with Crippen molar-refractivity contribution >= 4 is 27.2 Å². The van der Waals surface area contributed by atoms with Crippen LogP contribution in [0.3, 0.4) is 0 Å². The number of anilines is 1. The highest BCUT2D eigenvalue weighted by atomic mass is 32.2. The predicted molar refractivity (Wildman–Crippen MR) is 79.1 cm³/mol. The highest BCUT2D eigenvalue weighted by molar-refractivity contribution is 7.92. The van der Waals surface area contributed by atoms with Crippen molar-refractivity contribution in [3.63, 3.8) is 0 Å². The highest BCUT2D eigenvalue weighted by Gasteiger charge is 2.20. The summed E-state index contributed by atoms with van der Waals surface area (Å²) in [5, 5.41) is 12.4. The van der Waals surface area contributed by atoms with Crippen LogP contribution in [-0.2, 0) is 16.6 Å². The van der Waals surface area contributed by atoms with Crippen molar-refractivity contribution < 1.29 is 8.42 Å². The number of thiophene rings is 1. The van der Waals surface area contributed by atoms with Gasteiger partial charge in [-0.2, -0.15) is 5.10 Å². The largest absolute Gasteiger partial charge is 0.310 e. The molecule has 2 heterocycles. The Morgan fingerprint density at radius 3 is 2.80 bits per heavy atom. The molecule has 0 atom stereocenters. The molecule has 2 aromatic heterocycles. The maximum absolute atomic E-state index is 12.3. The highest BCUT2D eigenvalue weighted by Crippen LogP contribution is 2.23. The van der Waals surface area contributed by atoms with Crippen LogP contribution < -0.4 is 10.0 Å². The molecule has 0 bridgehead atoms. The van der Waals surface area contributed by atoms with Crippen LogP contribution in [0.2, 0.25) is 0 Å². The Morgan fingerprint density at radius 2 is 2.15 bits per heavy atom. The van der Waals surface area contributed by atoms with E-state index in [1.807, 2.05) is 13.8 Å². The Morgan fingerprint density at radius 1 is 1.35 bits per heavy atom. The van der Waals surface area contributed by atoms with Gasteiger partial charge in [-0.15, -0.1) is 16.4 Å². The summed E-state index contributed by atoms with van der Waals surface area (Å²) in [5.74, 6) is 0.210. The fraction of sp³-hybridized carbons (Fsp3) is 0.333. The lowest BCUT2D eigenvalue weighted by Crippen LogP contribution is -2.23. The monoisotopic (exact) mass is 312 g/mol. The normalized spacial score (nSPS) is 11.8. The van der Waals surface area contributed by atoms with Crippen molar-refractivity contribution in [3.8, 4) is 0 Å². The summed E-state index contributed by atoms with van der Waals surface area (Å²) in [6.45, 7) is 4.55. The number of nitrogens with zero attached hydrogens (tertiary/aromatic N) is 2. The van der Waals surface area contributed by atoms with Gasteiger partial charge in [0.1, 0.15) is 4.90 Å². The lowest BCUT2D eigenvalue weighted by Gasteiger charge is -2.10. The van der Waals surface area contributed by atoms with E-state index in [4.69, 9.17) is 0 Å². The van der Waals surface area contributed by atoms with Crippen molar-refractivity contribution in [1.82, 2.24) is 15.5 Å². The Kier molecular flexibility index (Phi) is 4.69. The molecule has 0 aliphatic heterocycles. The molecule has 0 aliphatic rings. The minimum Gasteiger partial charge on any atom is -0.310 e. The molecule has 0 amide bonds. The van der Waals surface area contributed by atoms with E-state index in [9.17, 15) is 8.42 Å². The molecule has 0 aliphatic carbocycles. The molecular formula is C12H16N4O2S2. The zero-order valence-corrected chi connectivity index (χ0v) is 12.8. The van der Waals surface area contributed by atoms with Crippen LogP contribution in [0.5, 0.6) is 0 Å². The van der Waals surface area contributed by atoms with Crippen molar-refractivity contribution in [2.75, 3.05) is 4.72 Å². The van der Waals surface area contributed by atoms with Crippen molar-refractivity contribution in [2.45, 2.75) is 31.3 Å². The van der Waals surface area contributed by atoms with E-state index in [1.54, 1.807) is 23.6 Å². The number of rotatable bonds is 6. The van der Waals surface area contributed by atoms with E-state index in [1.165, 1.54) is 17.5 Å². The molecular weight excluding hydrogens is 296 g/mol. The lowest BCUT2D eigenvalue weighted by atomic mass is 10.4. The first-order valence-corrected chi connectivity index (χ1v) is 8.45. The Labute approximate surface area is 122 Å². The van der Waals surface area contributed by atoms with E-state index in [-0.39, 0.29) is 10.7 Å². The summed E-state index contributed by atoms with van der Waals surface area (Å²) in [5.41, 5.74) is 0. The Hall–Kier alpha value is -1.51. The van der Waals surface area contributed by atoms with Gasteiger partial charge in [0, 0.05) is 23.7 Å². The van der Waals surface area contributed by atoms with Crippen molar-refractivity contribution in [2.24, 2.45) is 0 Å². The second kappa shape index (κ2) is 6.29. The van der Waals surface area contributed by atoms with Crippen LogP contribution in [-0.4, -0.2) is 24.7 Å². The van der Waals surface area contributed by atoms with Gasteiger partial charge < -0.3 is 5.32 Å². The quantitative estimate of drug-likeness (QED) is 0.850. The molecule has 0 spiro atoms. The second-order valence-electron chi connectivity index (χ2n) is 4.46. The average molecular weight is 312 g/mol. The molecule has 0 radical (unpaired) electrons. The van der Waals surface area contributed by atoms with E-state index in [2.05, 4.69) is 20.2 Å². The van der Waals surface area contributed by atoms with Gasteiger partial charge in [0.15, 0.2) is 5.82 Å². The fourth-order valence-corrected chi connectivity index (χ4v) is 3.93. The zero-order valence-electron chi connectivity index (χ0n) is 11.2. The fourth-order valence-electron chi connectivity index (χ4n) is 1.54. The minimum absolute atomic E-state index is 0.210. The molecule has 2 N–H and O–H groups in total. The van der Waals surface area contributed by atoms with Crippen LogP contribution in [0.15, 0.2) is 34.7 Å². The molecule has 2 aromatic rings. The van der Waals surface area contributed by atoms with E-state index in [0.29, 0.717) is 12.6 Å². The van der Waals surface area contributed by atoms with Gasteiger partial charge >= 0.3 is 0 Å². The van der Waals surface area contributed by atoms with Gasteiger partial charge in [0.25, 0.3) is 10.0 Å². The van der Waals surface area contributed by atoms with Crippen molar-refractivity contribution in [1.29, 1.82) is 0 Å². The summed E-state index contributed by atoms with van der Waals surface area (Å²) < 4.78 is 27.1. The standard InChI is InChI=1S/C12H16N4O2S2/c1-9(2)13-8-10-11(5-7-19-10)20(17,18)16-12-4-3-6-14-15-12/h3-7,9,13H,8H2,1-2H3,(H,15,16). The summed E-state index contributed by atoms with van der Waals surface area (Å²) in [6, 6.07) is 5.07. The first-order valence-electron chi connectivity index (χ1n) is 6.09. The molecule has 2 rings (SSSR count). The maximum Gasteiger partial charge on any atom is 0.264 e. The molecule has 20 heavy (non-hydrogen) atoms. The Balaban J connectivity index is 2.20. The summed E-state index contributed by atoms with van der Waals surface area (Å²) >= 11 is 1.41. The van der Waals surface area contributed by atoms with Gasteiger partial charge in [0.05, 0.1) is 0 Å². The molecule has 0 saturated carbocycles. The molecule has 0 fully saturated rings. The number of hydrogen-bond acceptors (Lipinski definition) is 6. The van der Waals surface area contributed by atoms with Crippen LogP contribution in [0.4, 0.5) is 5.82 Å². The summed E-state index contributed by atoms with van der Waals surface area (Å²) in [7, 11) is -3.63. The van der Waals surface area contributed by atoms with Crippen LogP contribution in [0.25, 0.3) is 0 Å². The van der Waals surface area contributed by atoms with Gasteiger partial charge in [-0.05, 0) is 23.6 Å². The first-order chi connectivity index (χ1) is 9.49. The number of aromatic nitrogens is 2. The maximum atomic E-state index is 12.3. The van der Waals surface area contributed by atoms with Gasteiger partial charge in [-0.25, -0.2) is 8.42 Å². The molecule has 6 nitrogen and oxygen atoms in total. The predicted octanol–water partition coefficient (Wildman–Crippen LogP) is 1.84. The third kappa shape index (κ3) is 3.75. The third-order valence-electron chi connectivity index (χ3n) is 2.48. The molecule has 0 aromatic carbocycles. The second-order valence-corrected chi connectivity index (χ2v) is 7.11. The number of nitrogens with one attached hydrogen (secondary N) is 2. The first kappa shape index (κ1) is 14.9. The molecule has 8 heteroatoms. The van der Waals surface area contributed by atoms with Crippen LogP contribution >= 0.6 is 11.3 Å². The summed E-state index contributed by atoms with van der Waals surface area (Å²) in [6.07, 6.45) is 1.49. The van der Waals surface area contributed by atoms with Crippen LogP contribution in [0.1, 0.15) is 18.7 Å². The number of hydrogen-bond donors (Lipinski definition) is 2. The summed E-state index contributed by atoms with van der Waals surface area (Å²) in [4.78, 5) is 1.05. The number of sulfonamides is 1. The molecule has 108 valence electrons. The SMILES string of the molecule is CC(C)NCc1sccc1S(=O)(=O)Nc1cccnn1. The average Bonchev–Trinajstić information content (AvgIpc) is 2.86. The van der Waals surface area contributed by atoms with Crippen LogP contribution in [0, 0.1) is 0 Å².